The molecule has 0 amide bonds. The molecule has 8 heteroatoms. The zero-order chi connectivity index (χ0) is 20.5. The zero-order valence-electron chi connectivity index (χ0n) is 16.1. The van der Waals surface area contributed by atoms with E-state index in [1.165, 1.54) is 28.4 Å². The highest BCUT2D eigenvalue weighted by Crippen LogP contribution is 2.39. The van der Waals surface area contributed by atoms with Crippen molar-refractivity contribution in [3.05, 3.63) is 35.4 Å². The SMILES string of the molecule is COc1cc(C=O)cc(OC)c1OCCOc1c(OC)cc(C=O)cc1OC. The smallest absolute Gasteiger partial charge is 0.203 e. The van der Waals surface area contributed by atoms with Crippen LogP contribution >= 0.6 is 0 Å². The van der Waals surface area contributed by atoms with Gasteiger partial charge < -0.3 is 28.4 Å². The fourth-order valence-corrected chi connectivity index (χ4v) is 2.51. The first-order valence-electron chi connectivity index (χ1n) is 8.29. The summed E-state index contributed by atoms with van der Waals surface area (Å²) < 4.78 is 32.5. The quantitative estimate of drug-likeness (QED) is 0.427. The predicted octanol–water partition coefficient (Wildman–Crippen LogP) is 2.80. The lowest BCUT2D eigenvalue weighted by molar-refractivity contribution is 0.111. The summed E-state index contributed by atoms with van der Waals surface area (Å²) in [5.74, 6) is 2.18. The Bertz CT molecular complexity index is 711. The maximum Gasteiger partial charge on any atom is 0.203 e. The fourth-order valence-electron chi connectivity index (χ4n) is 2.51. The average molecular weight is 390 g/mol. The number of aldehydes is 2. The lowest BCUT2D eigenvalue weighted by Gasteiger charge is -2.17. The van der Waals surface area contributed by atoms with Gasteiger partial charge in [0.25, 0.3) is 0 Å². The number of rotatable bonds is 11. The minimum Gasteiger partial charge on any atom is -0.493 e. The van der Waals surface area contributed by atoms with Crippen LogP contribution in [0, 0.1) is 0 Å². The summed E-state index contributed by atoms with van der Waals surface area (Å²) in [5.41, 5.74) is 0.809. The van der Waals surface area contributed by atoms with Crippen LogP contribution in [-0.4, -0.2) is 54.2 Å². The molecule has 150 valence electrons. The van der Waals surface area contributed by atoms with Gasteiger partial charge in [-0.3, -0.25) is 9.59 Å². The number of methoxy groups -OCH3 is 4. The second-order valence-corrected chi connectivity index (χ2v) is 5.44. The highest BCUT2D eigenvalue weighted by atomic mass is 16.6. The molecule has 0 aliphatic carbocycles. The molecule has 0 atom stereocenters. The van der Waals surface area contributed by atoms with Crippen molar-refractivity contribution in [1.29, 1.82) is 0 Å². The van der Waals surface area contributed by atoms with Gasteiger partial charge in [0, 0.05) is 11.1 Å². The predicted molar refractivity (Wildman–Crippen MR) is 101 cm³/mol. The van der Waals surface area contributed by atoms with Gasteiger partial charge in [-0.15, -0.1) is 0 Å². The molecule has 0 saturated carbocycles. The number of hydrogen-bond acceptors (Lipinski definition) is 8. The van der Waals surface area contributed by atoms with Crippen LogP contribution < -0.4 is 28.4 Å². The summed E-state index contributed by atoms with van der Waals surface area (Å²) in [6, 6.07) is 6.21. The van der Waals surface area contributed by atoms with E-state index in [4.69, 9.17) is 28.4 Å². The van der Waals surface area contributed by atoms with Crippen LogP contribution in [0.2, 0.25) is 0 Å². The second kappa shape index (κ2) is 10.1. The van der Waals surface area contributed by atoms with E-state index in [9.17, 15) is 9.59 Å². The molecule has 0 fully saturated rings. The molecule has 0 radical (unpaired) electrons. The molecule has 0 spiro atoms. The largest absolute Gasteiger partial charge is 0.493 e. The summed E-state index contributed by atoms with van der Waals surface area (Å²) in [5, 5.41) is 0. The molecule has 0 N–H and O–H groups in total. The van der Waals surface area contributed by atoms with E-state index < -0.39 is 0 Å². The van der Waals surface area contributed by atoms with Crippen molar-refractivity contribution in [2.24, 2.45) is 0 Å². The molecule has 0 aliphatic heterocycles. The van der Waals surface area contributed by atoms with Crippen LogP contribution in [0.3, 0.4) is 0 Å². The lowest BCUT2D eigenvalue weighted by atomic mass is 10.2. The zero-order valence-corrected chi connectivity index (χ0v) is 16.1. The molecule has 0 aromatic heterocycles. The molecular formula is C20H22O8. The van der Waals surface area contributed by atoms with Crippen molar-refractivity contribution in [2.75, 3.05) is 41.7 Å². The molecule has 2 aromatic carbocycles. The maximum atomic E-state index is 11.0. The Balaban J connectivity index is 2.13. The van der Waals surface area contributed by atoms with Gasteiger partial charge in [-0.25, -0.2) is 0 Å². The Morgan fingerprint density at radius 2 is 0.893 bits per heavy atom. The monoisotopic (exact) mass is 390 g/mol. The second-order valence-electron chi connectivity index (χ2n) is 5.44. The van der Waals surface area contributed by atoms with Gasteiger partial charge in [-0.1, -0.05) is 0 Å². The van der Waals surface area contributed by atoms with E-state index in [2.05, 4.69) is 0 Å². The van der Waals surface area contributed by atoms with Crippen molar-refractivity contribution in [1.82, 2.24) is 0 Å². The van der Waals surface area contributed by atoms with Crippen molar-refractivity contribution in [2.45, 2.75) is 0 Å². The van der Waals surface area contributed by atoms with E-state index >= 15 is 0 Å². The topological polar surface area (TPSA) is 89.5 Å². The number of hydrogen-bond donors (Lipinski definition) is 0. The van der Waals surface area contributed by atoms with Gasteiger partial charge in [0.05, 0.1) is 28.4 Å². The van der Waals surface area contributed by atoms with Gasteiger partial charge in [0.2, 0.25) is 11.5 Å². The molecule has 2 aromatic rings. The third-order valence-corrected chi connectivity index (χ3v) is 3.81. The summed E-state index contributed by atoms with van der Waals surface area (Å²) in [6.45, 7) is 0.295. The number of benzene rings is 2. The molecule has 0 aliphatic rings. The minimum absolute atomic E-state index is 0.148. The van der Waals surface area contributed by atoms with Gasteiger partial charge in [-0.05, 0) is 24.3 Å². The number of carbonyl (C=O) groups excluding carboxylic acids is 2. The molecule has 0 heterocycles. The van der Waals surface area contributed by atoms with E-state index in [1.54, 1.807) is 24.3 Å². The Morgan fingerprint density at radius 1 is 0.607 bits per heavy atom. The van der Waals surface area contributed by atoms with Crippen LogP contribution in [0.25, 0.3) is 0 Å². The van der Waals surface area contributed by atoms with E-state index in [0.29, 0.717) is 58.2 Å². The van der Waals surface area contributed by atoms with Gasteiger partial charge in [0.1, 0.15) is 25.8 Å². The van der Waals surface area contributed by atoms with Crippen LogP contribution in [0.5, 0.6) is 34.5 Å². The molecule has 0 bridgehead atoms. The van der Waals surface area contributed by atoms with Crippen LogP contribution in [0.1, 0.15) is 20.7 Å². The molecular weight excluding hydrogens is 368 g/mol. The summed E-state index contributed by atoms with van der Waals surface area (Å²) >= 11 is 0. The Labute approximate surface area is 162 Å². The number of ether oxygens (including phenoxy) is 6. The van der Waals surface area contributed by atoms with E-state index in [0.717, 1.165) is 0 Å². The Kier molecular flexibility index (Phi) is 7.50. The fraction of sp³-hybridized carbons (Fsp3) is 0.300. The van der Waals surface area contributed by atoms with Crippen molar-refractivity contribution in [3.63, 3.8) is 0 Å². The summed E-state index contributed by atoms with van der Waals surface area (Å²) in [4.78, 5) is 22.0. The first-order valence-corrected chi connectivity index (χ1v) is 8.29. The molecule has 2 rings (SSSR count). The number of carbonyl (C=O) groups is 2. The van der Waals surface area contributed by atoms with Crippen molar-refractivity contribution >= 4 is 12.6 Å². The van der Waals surface area contributed by atoms with E-state index in [-0.39, 0.29) is 13.2 Å². The lowest BCUT2D eigenvalue weighted by Crippen LogP contribution is -2.11. The van der Waals surface area contributed by atoms with Crippen molar-refractivity contribution < 1.29 is 38.0 Å². The third-order valence-electron chi connectivity index (χ3n) is 3.81. The van der Waals surface area contributed by atoms with Crippen molar-refractivity contribution in [3.8, 4) is 34.5 Å². The molecule has 28 heavy (non-hydrogen) atoms. The van der Waals surface area contributed by atoms with Crippen LogP contribution in [0.15, 0.2) is 24.3 Å². The van der Waals surface area contributed by atoms with Gasteiger partial charge in [0.15, 0.2) is 23.0 Å². The van der Waals surface area contributed by atoms with E-state index in [1.807, 2.05) is 0 Å². The normalized spacial score (nSPS) is 10.0. The first-order chi connectivity index (χ1) is 13.6. The first kappa shape index (κ1) is 20.9. The van der Waals surface area contributed by atoms with Crippen LogP contribution in [-0.2, 0) is 0 Å². The van der Waals surface area contributed by atoms with Crippen LogP contribution in [0.4, 0.5) is 0 Å². The Morgan fingerprint density at radius 3 is 1.11 bits per heavy atom. The highest BCUT2D eigenvalue weighted by molar-refractivity contribution is 5.79. The summed E-state index contributed by atoms with van der Waals surface area (Å²) in [7, 11) is 5.88. The molecule has 0 unspecified atom stereocenters. The molecule has 8 nitrogen and oxygen atoms in total. The minimum atomic E-state index is 0.148. The average Bonchev–Trinajstić information content (AvgIpc) is 2.75. The highest BCUT2D eigenvalue weighted by Gasteiger charge is 2.16. The molecule has 0 saturated heterocycles. The van der Waals surface area contributed by atoms with Gasteiger partial charge in [-0.2, -0.15) is 0 Å². The summed E-state index contributed by atoms with van der Waals surface area (Å²) in [6.07, 6.45) is 1.39. The Hall–Kier alpha value is -3.42. The van der Waals surface area contributed by atoms with Gasteiger partial charge >= 0.3 is 0 Å². The third kappa shape index (κ3) is 4.64. The maximum absolute atomic E-state index is 11.0. The standard InChI is InChI=1S/C20H22O8/c1-23-15-7-13(11-21)8-16(24-2)19(15)27-5-6-28-20-17(25-3)9-14(12-22)10-18(20)26-4/h7-12H,5-6H2,1-4H3.